The third-order valence-electron chi connectivity index (χ3n) is 3.74. The lowest BCUT2D eigenvalue weighted by molar-refractivity contribution is -0.120. The lowest BCUT2D eigenvalue weighted by atomic mass is 10.2. The lowest BCUT2D eigenvalue weighted by Crippen LogP contribution is -2.26. The first-order valence-corrected chi connectivity index (χ1v) is 9.75. The van der Waals surface area contributed by atoms with Crippen molar-refractivity contribution >= 4 is 23.9 Å². The maximum Gasteiger partial charge on any atom is 0.253 e. The zero-order chi connectivity index (χ0) is 18.8. The minimum absolute atomic E-state index is 0.119. The molecule has 0 saturated heterocycles. The molecule has 4 nitrogen and oxygen atoms in total. The third kappa shape index (κ3) is 6.92. The normalized spacial score (nSPS) is 12.1. The minimum atomic E-state index is -0.218. The number of benzene rings is 2. The van der Waals surface area contributed by atoms with Gasteiger partial charge in [-0.2, -0.15) is 5.10 Å². The number of thioether (sulfide) groups is 1. The Morgan fingerprint density at radius 2 is 1.88 bits per heavy atom. The van der Waals surface area contributed by atoms with Crippen LogP contribution >= 0.6 is 11.8 Å². The second-order valence-electron chi connectivity index (χ2n) is 6.08. The van der Waals surface area contributed by atoms with E-state index in [2.05, 4.69) is 17.5 Å². The first kappa shape index (κ1) is 20.0. The van der Waals surface area contributed by atoms with Gasteiger partial charge < -0.3 is 4.74 Å². The molecule has 0 aromatic heterocycles. The van der Waals surface area contributed by atoms with E-state index in [-0.39, 0.29) is 11.2 Å². The van der Waals surface area contributed by atoms with Crippen LogP contribution in [-0.2, 0) is 4.79 Å². The van der Waals surface area contributed by atoms with Crippen LogP contribution in [-0.4, -0.2) is 24.0 Å². The number of ether oxygens (including phenoxy) is 1. The fourth-order valence-corrected chi connectivity index (χ4v) is 2.98. The molecule has 2 rings (SSSR count). The minimum Gasteiger partial charge on any atom is -0.494 e. The Hall–Kier alpha value is -2.27. The summed E-state index contributed by atoms with van der Waals surface area (Å²) in [5, 5.41) is 3.83. The molecular formula is C21H26N2O2S. The molecule has 138 valence electrons. The molecule has 0 fully saturated rings. The molecule has 0 heterocycles. The number of unbranched alkanes of at least 4 members (excludes halogenated alkanes) is 1. The van der Waals surface area contributed by atoms with Crippen LogP contribution < -0.4 is 10.2 Å². The summed E-state index contributed by atoms with van der Waals surface area (Å²) in [6.07, 6.45) is 3.80. The largest absolute Gasteiger partial charge is 0.494 e. The number of hydrogen-bond donors (Lipinski definition) is 1. The summed E-state index contributed by atoms with van der Waals surface area (Å²) in [6, 6.07) is 15.8. The van der Waals surface area contributed by atoms with E-state index in [0.29, 0.717) is 0 Å². The standard InChI is InChI=1S/C21H26N2O2S/c1-4-5-14-25-19-10-8-18(9-11-19)15-22-23-21(24)17(3)26-20-12-6-16(2)7-13-20/h6-13,15,17H,4-5,14H2,1-3H3,(H,23,24)/b22-15-/t17-/m1/s1. The summed E-state index contributed by atoms with van der Waals surface area (Å²) in [4.78, 5) is 13.2. The maximum absolute atomic E-state index is 12.1. The Morgan fingerprint density at radius 3 is 2.54 bits per heavy atom. The Kier molecular flexibility index (Phi) is 8.22. The van der Waals surface area contributed by atoms with Crippen LogP contribution in [0.3, 0.4) is 0 Å². The van der Waals surface area contributed by atoms with Gasteiger partial charge in [0.2, 0.25) is 0 Å². The smallest absolute Gasteiger partial charge is 0.253 e. The van der Waals surface area contributed by atoms with E-state index in [0.717, 1.165) is 35.7 Å². The summed E-state index contributed by atoms with van der Waals surface area (Å²) < 4.78 is 5.62. The van der Waals surface area contributed by atoms with Gasteiger partial charge in [0.1, 0.15) is 5.75 Å². The molecule has 26 heavy (non-hydrogen) atoms. The lowest BCUT2D eigenvalue weighted by Gasteiger charge is -2.09. The van der Waals surface area contributed by atoms with Crippen LogP contribution in [0.4, 0.5) is 0 Å². The van der Waals surface area contributed by atoms with E-state index in [4.69, 9.17) is 4.74 Å². The van der Waals surface area contributed by atoms with Crippen LogP contribution in [0.2, 0.25) is 0 Å². The zero-order valence-corrected chi connectivity index (χ0v) is 16.4. The van der Waals surface area contributed by atoms with Gasteiger partial charge in [-0.3, -0.25) is 4.79 Å². The van der Waals surface area contributed by atoms with Gasteiger partial charge in [0, 0.05) is 4.90 Å². The van der Waals surface area contributed by atoms with E-state index >= 15 is 0 Å². The monoisotopic (exact) mass is 370 g/mol. The fraction of sp³-hybridized carbons (Fsp3) is 0.333. The molecule has 0 aliphatic rings. The van der Waals surface area contributed by atoms with Crippen molar-refractivity contribution in [1.82, 2.24) is 5.43 Å². The van der Waals surface area contributed by atoms with Gasteiger partial charge in [-0.25, -0.2) is 5.43 Å². The number of nitrogens with zero attached hydrogens (tertiary/aromatic N) is 1. The van der Waals surface area contributed by atoms with E-state index in [9.17, 15) is 4.79 Å². The second-order valence-corrected chi connectivity index (χ2v) is 7.49. The molecule has 1 amide bonds. The second kappa shape index (κ2) is 10.7. The summed E-state index contributed by atoms with van der Waals surface area (Å²) in [7, 11) is 0. The van der Waals surface area contributed by atoms with Gasteiger partial charge in [0.25, 0.3) is 5.91 Å². The Bertz CT molecular complexity index is 712. The molecular weight excluding hydrogens is 344 g/mol. The van der Waals surface area contributed by atoms with E-state index < -0.39 is 0 Å². The summed E-state index contributed by atoms with van der Waals surface area (Å²) in [5.41, 5.74) is 4.71. The maximum atomic E-state index is 12.1. The number of aryl methyl sites for hydroxylation is 1. The van der Waals surface area contributed by atoms with Crippen molar-refractivity contribution in [2.24, 2.45) is 5.10 Å². The Morgan fingerprint density at radius 1 is 1.19 bits per heavy atom. The van der Waals surface area contributed by atoms with Crippen molar-refractivity contribution in [2.45, 2.75) is 43.8 Å². The molecule has 5 heteroatoms. The highest BCUT2D eigenvalue weighted by atomic mass is 32.2. The molecule has 0 radical (unpaired) electrons. The van der Waals surface area contributed by atoms with Gasteiger partial charge in [-0.05, 0) is 62.2 Å². The van der Waals surface area contributed by atoms with Gasteiger partial charge >= 0.3 is 0 Å². The van der Waals surface area contributed by atoms with Crippen molar-refractivity contribution in [3.05, 3.63) is 59.7 Å². The third-order valence-corrected chi connectivity index (χ3v) is 4.85. The molecule has 0 aliphatic heterocycles. The van der Waals surface area contributed by atoms with Crippen LogP contribution in [0, 0.1) is 6.92 Å². The van der Waals surface area contributed by atoms with Crippen molar-refractivity contribution < 1.29 is 9.53 Å². The molecule has 1 atom stereocenters. The van der Waals surface area contributed by atoms with Crippen LogP contribution in [0.1, 0.15) is 37.8 Å². The zero-order valence-electron chi connectivity index (χ0n) is 15.6. The first-order chi connectivity index (χ1) is 12.6. The van der Waals surface area contributed by atoms with Crippen molar-refractivity contribution in [1.29, 1.82) is 0 Å². The highest BCUT2D eigenvalue weighted by Crippen LogP contribution is 2.23. The number of carbonyl (C=O) groups excluding carboxylic acids is 1. The number of carbonyl (C=O) groups is 1. The molecule has 2 aromatic rings. The molecule has 0 aliphatic carbocycles. The van der Waals surface area contributed by atoms with Gasteiger partial charge in [-0.1, -0.05) is 31.0 Å². The Labute approximate surface area is 160 Å². The summed E-state index contributed by atoms with van der Waals surface area (Å²) in [6.45, 7) is 6.79. The van der Waals surface area contributed by atoms with Gasteiger partial charge in [0.05, 0.1) is 18.1 Å². The van der Waals surface area contributed by atoms with Crippen molar-refractivity contribution in [2.75, 3.05) is 6.61 Å². The fourth-order valence-electron chi connectivity index (χ4n) is 2.12. The quantitative estimate of drug-likeness (QED) is 0.298. The predicted octanol–water partition coefficient (Wildman–Crippen LogP) is 4.80. The SMILES string of the molecule is CCCCOc1ccc(/C=N\NC(=O)[C@@H](C)Sc2ccc(C)cc2)cc1. The molecule has 0 unspecified atom stereocenters. The van der Waals surface area contributed by atoms with Crippen molar-refractivity contribution in [3.63, 3.8) is 0 Å². The van der Waals surface area contributed by atoms with E-state index in [1.165, 1.54) is 17.3 Å². The van der Waals surface area contributed by atoms with Crippen LogP contribution in [0.5, 0.6) is 5.75 Å². The Balaban J connectivity index is 1.79. The molecule has 0 spiro atoms. The first-order valence-electron chi connectivity index (χ1n) is 8.87. The number of rotatable bonds is 9. The molecule has 0 saturated carbocycles. The van der Waals surface area contributed by atoms with Crippen LogP contribution in [0.15, 0.2) is 58.5 Å². The summed E-state index contributed by atoms with van der Waals surface area (Å²) in [5.74, 6) is 0.731. The molecule has 0 bridgehead atoms. The van der Waals surface area contributed by atoms with Crippen LogP contribution in [0.25, 0.3) is 0 Å². The van der Waals surface area contributed by atoms with Crippen molar-refractivity contribution in [3.8, 4) is 5.75 Å². The topological polar surface area (TPSA) is 50.7 Å². The highest BCUT2D eigenvalue weighted by Gasteiger charge is 2.13. The number of hydrogen-bond acceptors (Lipinski definition) is 4. The average Bonchev–Trinajstić information content (AvgIpc) is 2.65. The van der Waals surface area contributed by atoms with Gasteiger partial charge in [0.15, 0.2) is 0 Å². The number of hydrazone groups is 1. The highest BCUT2D eigenvalue weighted by molar-refractivity contribution is 8.00. The number of amides is 1. The van der Waals surface area contributed by atoms with E-state index in [1.54, 1.807) is 6.21 Å². The number of nitrogens with one attached hydrogen (secondary N) is 1. The average molecular weight is 371 g/mol. The molecule has 2 aromatic carbocycles. The predicted molar refractivity (Wildman–Crippen MR) is 109 cm³/mol. The van der Waals surface area contributed by atoms with E-state index in [1.807, 2.05) is 62.4 Å². The van der Waals surface area contributed by atoms with Gasteiger partial charge in [-0.15, -0.1) is 11.8 Å². The molecule has 1 N–H and O–H groups in total. The summed E-state index contributed by atoms with van der Waals surface area (Å²) >= 11 is 1.52.